The van der Waals surface area contributed by atoms with Crippen molar-refractivity contribution in [3.05, 3.63) is 94.8 Å². The SMILES string of the molecule is O=C(NCC(F)(F)c1ccc(-c2ccc(F)cc2)cc1C(F)(F)F)c1ccccc1C(F)(F)F. The number of benzene rings is 3. The Bertz CT molecular complexity index is 1180. The maximum absolute atomic E-state index is 14.8. The van der Waals surface area contributed by atoms with Crippen LogP contribution in [-0.4, -0.2) is 12.5 Å². The standard InChI is InChI=1S/C23H14F9NO/c24-15-8-5-13(6-9-15)14-7-10-18(19(11-14)23(30,31)32)21(25,26)12-33-20(34)16-3-1-2-4-17(16)22(27,28)29/h1-11H,12H2,(H,33,34). The first-order valence-corrected chi connectivity index (χ1v) is 9.50. The van der Waals surface area contributed by atoms with Crippen molar-refractivity contribution in [2.24, 2.45) is 0 Å². The second-order valence-electron chi connectivity index (χ2n) is 7.20. The molecule has 11 heteroatoms. The Morgan fingerprint density at radius 1 is 0.676 bits per heavy atom. The lowest BCUT2D eigenvalue weighted by Gasteiger charge is -2.23. The van der Waals surface area contributed by atoms with Crippen LogP contribution in [0.2, 0.25) is 0 Å². The second-order valence-corrected chi connectivity index (χ2v) is 7.20. The van der Waals surface area contributed by atoms with Crippen molar-refractivity contribution in [2.45, 2.75) is 18.3 Å². The lowest BCUT2D eigenvalue weighted by molar-refractivity contribution is -0.142. The van der Waals surface area contributed by atoms with Crippen molar-refractivity contribution in [3.8, 4) is 11.1 Å². The Balaban J connectivity index is 1.91. The summed E-state index contributed by atoms with van der Waals surface area (Å²) in [5.74, 6) is -6.45. The van der Waals surface area contributed by atoms with Gasteiger partial charge in [0.2, 0.25) is 0 Å². The van der Waals surface area contributed by atoms with Crippen molar-refractivity contribution >= 4 is 5.91 Å². The molecule has 0 aromatic heterocycles. The van der Waals surface area contributed by atoms with E-state index in [4.69, 9.17) is 0 Å². The molecule has 0 fully saturated rings. The first-order valence-electron chi connectivity index (χ1n) is 9.50. The molecule has 1 amide bonds. The maximum atomic E-state index is 14.8. The zero-order chi connectivity index (χ0) is 25.3. The van der Waals surface area contributed by atoms with Crippen LogP contribution in [0.25, 0.3) is 11.1 Å². The molecule has 3 aromatic carbocycles. The van der Waals surface area contributed by atoms with Gasteiger partial charge in [0.25, 0.3) is 11.8 Å². The Morgan fingerprint density at radius 3 is 1.82 bits per heavy atom. The van der Waals surface area contributed by atoms with Gasteiger partial charge in [-0.1, -0.05) is 36.4 Å². The minimum absolute atomic E-state index is 0.116. The Hall–Kier alpha value is -3.50. The number of alkyl halides is 8. The minimum Gasteiger partial charge on any atom is -0.346 e. The molecule has 0 radical (unpaired) electrons. The molecule has 0 aliphatic rings. The van der Waals surface area contributed by atoms with Crippen LogP contribution in [-0.2, 0) is 18.3 Å². The van der Waals surface area contributed by atoms with Crippen LogP contribution in [0.15, 0.2) is 66.7 Å². The molecule has 3 rings (SSSR count). The molecular formula is C23H14F9NO. The van der Waals surface area contributed by atoms with Crippen LogP contribution < -0.4 is 5.32 Å². The van der Waals surface area contributed by atoms with Crippen LogP contribution in [0.1, 0.15) is 27.0 Å². The van der Waals surface area contributed by atoms with Gasteiger partial charge in [-0.25, -0.2) is 4.39 Å². The van der Waals surface area contributed by atoms with Gasteiger partial charge >= 0.3 is 12.4 Å². The van der Waals surface area contributed by atoms with E-state index in [9.17, 15) is 44.3 Å². The number of rotatable bonds is 5. The predicted octanol–water partition coefficient (Wildman–Crippen LogP) is 7.05. The van der Waals surface area contributed by atoms with Crippen molar-refractivity contribution in [1.82, 2.24) is 5.32 Å². The predicted molar refractivity (Wildman–Crippen MR) is 105 cm³/mol. The van der Waals surface area contributed by atoms with Crippen molar-refractivity contribution < 1.29 is 44.3 Å². The molecule has 3 aromatic rings. The number of carbonyl (C=O) groups is 1. The average Bonchev–Trinajstić information content (AvgIpc) is 2.76. The summed E-state index contributed by atoms with van der Waals surface area (Å²) >= 11 is 0. The lowest BCUT2D eigenvalue weighted by atomic mass is 9.95. The van der Waals surface area contributed by atoms with E-state index in [2.05, 4.69) is 0 Å². The monoisotopic (exact) mass is 491 g/mol. The van der Waals surface area contributed by atoms with Gasteiger partial charge in [-0.3, -0.25) is 4.79 Å². The molecule has 0 atom stereocenters. The molecule has 34 heavy (non-hydrogen) atoms. The second kappa shape index (κ2) is 9.03. The van der Waals surface area contributed by atoms with Crippen LogP contribution >= 0.6 is 0 Å². The number of carbonyl (C=O) groups excluding carboxylic acids is 1. The lowest BCUT2D eigenvalue weighted by Crippen LogP contribution is -2.37. The molecule has 180 valence electrons. The van der Waals surface area contributed by atoms with E-state index in [1.807, 2.05) is 0 Å². The van der Waals surface area contributed by atoms with Crippen LogP contribution in [0.5, 0.6) is 0 Å². The van der Waals surface area contributed by atoms with Gasteiger partial charge in [0.1, 0.15) is 5.82 Å². The molecule has 2 nitrogen and oxygen atoms in total. The third-order valence-electron chi connectivity index (χ3n) is 4.84. The number of nitrogens with one attached hydrogen (secondary N) is 1. The normalized spacial score (nSPS) is 12.5. The van der Waals surface area contributed by atoms with E-state index in [-0.39, 0.29) is 11.1 Å². The van der Waals surface area contributed by atoms with Crippen LogP contribution in [0.4, 0.5) is 39.5 Å². The van der Waals surface area contributed by atoms with E-state index < -0.39 is 58.8 Å². The number of halogens is 9. The highest BCUT2D eigenvalue weighted by Gasteiger charge is 2.43. The highest BCUT2D eigenvalue weighted by Crippen LogP contribution is 2.41. The molecule has 0 aliphatic carbocycles. The number of hydrogen-bond donors (Lipinski definition) is 1. The van der Waals surface area contributed by atoms with Gasteiger partial charge in [-0.15, -0.1) is 0 Å². The molecular weight excluding hydrogens is 477 g/mol. The average molecular weight is 491 g/mol. The quantitative estimate of drug-likeness (QED) is 0.381. The van der Waals surface area contributed by atoms with E-state index in [0.29, 0.717) is 18.2 Å². The summed E-state index contributed by atoms with van der Waals surface area (Å²) in [6.07, 6.45) is -10.2. The summed E-state index contributed by atoms with van der Waals surface area (Å²) in [5.41, 5.74) is -5.49. The topological polar surface area (TPSA) is 29.1 Å². The van der Waals surface area contributed by atoms with Crippen molar-refractivity contribution in [3.63, 3.8) is 0 Å². The zero-order valence-electron chi connectivity index (χ0n) is 16.9. The summed E-state index contributed by atoms with van der Waals surface area (Å²) < 4.78 is 123. The summed E-state index contributed by atoms with van der Waals surface area (Å²) in [6.45, 7) is -1.68. The molecule has 0 aliphatic heterocycles. The Kier molecular flexibility index (Phi) is 6.68. The molecule has 0 saturated heterocycles. The van der Waals surface area contributed by atoms with E-state index in [1.54, 1.807) is 5.32 Å². The van der Waals surface area contributed by atoms with Crippen LogP contribution in [0.3, 0.4) is 0 Å². The van der Waals surface area contributed by atoms with E-state index >= 15 is 0 Å². The van der Waals surface area contributed by atoms with Gasteiger partial charge in [0.15, 0.2) is 0 Å². The van der Waals surface area contributed by atoms with Gasteiger partial charge in [-0.2, -0.15) is 35.1 Å². The number of hydrogen-bond acceptors (Lipinski definition) is 1. The van der Waals surface area contributed by atoms with Crippen LogP contribution in [0, 0.1) is 5.82 Å². The fourth-order valence-corrected chi connectivity index (χ4v) is 3.23. The Morgan fingerprint density at radius 2 is 1.24 bits per heavy atom. The molecule has 0 spiro atoms. The Labute approximate surface area is 187 Å². The minimum atomic E-state index is -5.22. The molecule has 1 N–H and O–H groups in total. The highest BCUT2D eigenvalue weighted by molar-refractivity contribution is 5.95. The van der Waals surface area contributed by atoms with Crippen molar-refractivity contribution in [2.75, 3.05) is 6.54 Å². The highest BCUT2D eigenvalue weighted by atomic mass is 19.4. The van der Waals surface area contributed by atoms with E-state index in [0.717, 1.165) is 36.4 Å². The first kappa shape index (κ1) is 25.1. The molecule has 0 heterocycles. The maximum Gasteiger partial charge on any atom is 0.417 e. The van der Waals surface area contributed by atoms with Crippen molar-refractivity contribution in [1.29, 1.82) is 0 Å². The fraction of sp³-hybridized carbons (Fsp3) is 0.174. The first-order chi connectivity index (χ1) is 15.7. The summed E-state index contributed by atoms with van der Waals surface area (Å²) in [7, 11) is 0. The fourth-order valence-electron chi connectivity index (χ4n) is 3.23. The third-order valence-corrected chi connectivity index (χ3v) is 4.84. The van der Waals surface area contributed by atoms with E-state index in [1.165, 1.54) is 12.1 Å². The third kappa shape index (κ3) is 5.52. The molecule has 0 unspecified atom stereocenters. The largest absolute Gasteiger partial charge is 0.417 e. The molecule has 0 bridgehead atoms. The molecule has 0 saturated carbocycles. The number of amides is 1. The van der Waals surface area contributed by atoms with Gasteiger partial charge < -0.3 is 5.32 Å². The summed E-state index contributed by atoms with van der Waals surface area (Å²) in [4.78, 5) is 12.1. The zero-order valence-corrected chi connectivity index (χ0v) is 16.9. The van der Waals surface area contributed by atoms with Gasteiger partial charge in [-0.05, 0) is 41.5 Å². The smallest absolute Gasteiger partial charge is 0.346 e. The summed E-state index contributed by atoms with van der Waals surface area (Å²) in [5, 5.41) is 1.58. The van der Waals surface area contributed by atoms with Gasteiger partial charge in [0, 0.05) is 5.56 Å². The summed E-state index contributed by atoms with van der Waals surface area (Å²) in [6, 6.07) is 9.64. The van der Waals surface area contributed by atoms with Gasteiger partial charge in [0.05, 0.1) is 23.2 Å².